The van der Waals surface area contributed by atoms with Crippen LogP contribution in [0.25, 0.3) is 0 Å². The number of rotatable bonds is 5. The summed E-state index contributed by atoms with van der Waals surface area (Å²) in [6.07, 6.45) is 0. The van der Waals surface area contributed by atoms with Crippen molar-refractivity contribution in [2.45, 2.75) is 26.8 Å². The number of hydrogen-bond acceptors (Lipinski definition) is 2. The summed E-state index contributed by atoms with van der Waals surface area (Å²) in [5.74, 6) is 0.912. The minimum absolute atomic E-state index is 0.259. The summed E-state index contributed by atoms with van der Waals surface area (Å²) in [6, 6.07) is 6.00. The summed E-state index contributed by atoms with van der Waals surface area (Å²) in [5.41, 5.74) is 1.12. The van der Waals surface area contributed by atoms with Gasteiger partial charge in [-0.05, 0) is 38.6 Å². The van der Waals surface area contributed by atoms with Crippen LogP contribution in [0, 0.1) is 0 Å². The molecule has 0 bridgehead atoms. The Hall–Kier alpha value is -0.730. The third kappa shape index (κ3) is 3.40. The van der Waals surface area contributed by atoms with E-state index in [0.717, 1.165) is 22.9 Å². The standard InChI is InChI=1S/C12H18ClNO/c1-4-14-9(3)11-8-10(13)6-7-12(11)15-5-2/h6-9,14H,4-5H2,1-3H3. The Bertz CT molecular complexity index is 314. The molecule has 1 aromatic carbocycles. The molecular weight excluding hydrogens is 210 g/mol. The highest BCUT2D eigenvalue weighted by atomic mass is 35.5. The normalized spacial score (nSPS) is 12.5. The third-order valence-electron chi connectivity index (χ3n) is 2.25. The SMILES string of the molecule is CCNC(C)c1cc(Cl)ccc1OCC. The van der Waals surface area contributed by atoms with E-state index in [9.17, 15) is 0 Å². The van der Waals surface area contributed by atoms with Gasteiger partial charge in [0.15, 0.2) is 0 Å². The van der Waals surface area contributed by atoms with E-state index in [2.05, 4.69) is 19.2 Å². The fourth-order valence-electron chi connectivity index (χ4n) is 1.56. The van der Waals surface area contributed by atoms with Gasteiger partial charge in [-0.15, -0.1) is 0 Å². The minimum Gasteiger partial charge on any atom is -0.494 e. The molecule has 0 aliphatic carbocycles. The van der Waals surface area contributed by atoms with Crippen molar-refractivity contribution < 1.29 is 4.74 Å². The van der Waals surface area contributed by atoms with Gasteiger partial charge < -0.3 is 10.1 Å². The number of nitrogens with one attached hydrogen (secondary N) is 1. The fourth-order valence-corrected chi connectivity index (χ4v) is 1.74. The quantitative estimate of drug-likeness (QED) is 0.833. The van der Waals surface area contributed by atoms with E-state index < -0.39 is 0 Å². The highest BCUT2D eigenvalue weighted by Gasteiger charge is 2.10. The highest BCUT2D eigenvalue weighted by molar-refractivity contribution is 6.30. The maximum atomic E-state index is 5.98. The van der Waals surface area contributed by atoms with Gasteiger partial charge in [0.25, 0.3) is 0 Å². The molecule has 0 spiro atoms. The van der Waals surface area contributed by atoms with E-state index in [1.807, 2.05) is 25.1 Å². The predicted molar refractivity (Wildman–Crippen MR) is 64.7 cm³/mol. The zero-order valence-corrected chi connectivity index (χ0v) is 10.3. The van der Waals surface area contributed by atoms with E-state index >= 15 is 0 Å². The lowest BCUT2D eigenvalue weighted by molar-refractivity contribution is 0.332. The smallest absolute Gasteiger partial charge is 0.124 e. The van der Waals surface area contributed by atoms with E-state index in [0.29, 0.717) is 6.61 Å². The molecule has 1 aromatic rings. The summed E-state index contributed by atoms with van der Waals surface area (Å²) < 4.78 is 5.56. The molecule has 0 amide bonds. The van der Waals surface area contributed by atoms with Crippen LogP contribution in [0.2, 0.25) is 5.02 Å². The van der Waals surface area contributed by atoms with Gasteiger partial charge in [-0.2, -0.15) is 0 Å². The molecule has 1 atom stereocenters. The van der Waals surface area contributed by atoms with Crippen LogP contribution in [0.5, 0.6) is 5.75 Å². The van der Waals surface area contributed by atoms with Crippen molar-refractivity contribution in [3.05, 3.63) is 28.8 Å². The molecule has 0 heterocycles. The van der Waals surface area contributed by atoms with Crippen LogP contribution in [-0.4, -0.2) is 13.2 Å². The number of hydrogen-bond donors (Lipinski definition) is 1. The zero-order chi connectivity index (χ0) is 11.3. The monoisotopic (exact) mass is 227 g/mol. The predicted octanol–water partition coefficient (Wildman–Crippen LogP) is 3.41. The molecule has 0 fully saturated rings. The topological polar surface area (TPSA) is 21.3 Å². The third-order valence-corrected chi connectivity index (χ3v) is 2.48. The van der Waals surface area contributed by atoms with Gasteiger partial charge in [0.05, 0.1) is 6.61 Å². The van der Waals surface area contributed by atoms with Crippen molar-refractivity contribution in [3.8, 4) is 5.75 Å². The average Bonchev–Trinajstić information content (AvgIpc) is 2.21. The van der Waals surface area contributed by atoms with E-state index in [4.69, 9.17) is 16.3 Å². The molecule has 0 saturated heterocycles. The van der Waals surface area contributed by atoms with Crippen molar-refractivity contribution in [2.24, 2.45) is 0 Å². The number of benzene rings is 1. The number of ether oxygens (including phenoxy) is 1. The molecule has 1 N–H and O–H groups in total. The molecule has 0 aliphatic rings. The van der Waals surface area contributed by atoms with Crippen LogP contribution in [0.4, 0.5) is 0 Å². The molecule has 0 radical (unpaired) electrons. The van der Waals surface area contributed by atoms with Crippen LogP contribution in [0.3, 0.4) is 0 Å². The Kier molecular flexibility index (Phi) is 4.92. The molecule has 2 nitrogen and oxygen atoms in total. The van der Waals surface area contributed by atoms with Gasteiger partial charge in [0, 0.05) is 16.6 Å². The molecule has 84 valence electrons. The van der Waals surface area contributed by atoms with E-state index in [-0.39, 0.29) is 6.04 Å². The van der Waals surface area contributed by atoms with Crippen LogP contribution < -0.4 is 10.1 Å². The molecule has 15 heavy (non-hydrogen) atoms. The molecule has 0 saturated carbocycles. The van der Waals surface area contributed by atoms with Gasteiger partial charge in [-0.25, -0.2) is 0 Å². The van der Waals surface area contributed by atoms with Crippen molar-refractivity contribution in [3.63, 3.8) is 0 Å². The second-order valence-corrected chi connectivity index (χ2v) is 3.83. The summed E-state index contributed by atoms with van der Waals surface area (Å²) in [6.45, 7) is 7.78. The summed E-state index contributed by atoms with van der Waals surface area (Å²) in [5, 5.41) is 4.10. The minimum atomic E-state index is 0.259. The first-order valence-electron chi connectivity index (χ1n) is 5.34. The molecule has 0 aromatic heterocycles. The lowest BCUT2D eigenvalue weighted by Gasteiger charge is -2.17. The second-order valence-electron chi connectivity index (χ2n) is 3.39. The Morgan fingerprint density at radius 3 is 2.73 bits per heavy atom. The first-order chi connectivity index (χ1) is 7.19. The van der Waals surface area contributed by atoms with Crippen LogP contribution in [-0.2, 0) is 0 Å². The molecule has 3 heteroatoms. The molecular formula is C12H18ClNO. The largest absolute Gasteiger partial charge is 0.494 e. The second kappa shape index (κ2) is 5.99. The van der Waals surface area contributed by atoms with E-state index in [1.54, 1.807) is 0 Å². The Balaban J connectivity index is 2.95. The zero-order valence-electron chi connectivity index (χ0n) is 9.51. The average molecular weight is 228 g/mol. The lowest BCUT2D eigenvalue weighted by atomic mass is 10.1. The summed E-state index contributed by atoms with van der Waals surface area (Å²) in [4.78, 5) is 0. The Morgan fingerprint density at radius 1 is 1.40 bits per heavy atom. The highest BCUT2D eigenvalue weighted by Crippen LogP contribution is 2.28. The molecule has 1 rings (SSSR count). The molecule has 1 unspecified atom stereocenters. The lowest BCUT2D eigenvalue weighted by Crippen LogP contribution is -2.18. The Labute approximate surface area is 96.6 Å². The summed E-state index contributed by atoms with van der Waals surface area (Å²) in [7, 11) is 0. The van der Waals surface area contributed by atoms with Gasteiger partial charge >= 0.3 is 0 Å². The molecule has 0 aliphatic heterocycles. The first-order valence-corrected chi connectivity index (χ1v) is 5.72. The van der Waals surface area contributed by atoms with Crippen LogP contribution in [0.1, 0.15) is 32.4 Å². The van der Waals surface area contributed by atoms with E-state index in [1.165, 1.54) is 0 Å². The van der Waals surface area contributed by atoms with Gasteiger partial charge in [-0.3, -0.25) is 0 Å². The maximum Gasteiger partial charge on any atom is 0.124 e. The van der Waals surface area contributed by atoms with Gasteiger partial charge in [0.2, 0.25) is 0 Å². The summed E-state index contributed by atoms with van der Waals surface area (Å²) >= 11 is 5.98. The van der Waals surface area contributed by atoms with Gasteiger partial charge in [-0.1, -0.05) is 18.5 Å². The first kappa shape index (κ1) is 12.3. The van der Waals surface area contributed by atoms with Crippen molar-refractivity contribution in [1.82, 2.24) is 5.32 Å². The van der Waals surface area contributed by atoms with Crippen LogP contribution >= 0.6 is 11.6 Å². The van der Waals surface area contributed by atoms with Crippen molar-refractivity contribution in [2.75, 3.05) is 13.2 Å². The Morgan fingerprint density at radius 2 is 2.13 bits per heavy atom. The maximum absolute atomic E-state index is 5.98. The van der Waals surface area contributed by atoms with Gasteiger partial charge in [0.1, 0.15) is 5.75 Å². The van der Waals surface area contributed by atoms with Crippen molar-refractivity contribution in [1.29, 1.82) is 0 Å². The number of halogens is 1. The fraction of sp³-hybridized carbons (Fsp3) is 0.500. The van der Waals surface area contributed by atoms with Crippen LogP contribution in [0.15, 0.2) is 18.2 Å². The van der Waals surface area contributed by atoms with Crippen molar-refractivity contribution >= 4 is 11.6 Å².